The second-order valence-corrected chi connectivity index (χ2v) is 14.9. The van der Waals surface area contributed by atoms with Crippen LogP contribution in [0.2, 0.25) is 0 Å². The van der Waals surface area contributed by atoms with Crippen molar-refractivity contribution in [3.63, 3.8) is 0 Å². The average Bonchev–Trinajstić information content (AvgIpc) is 3.64. The van der Waals surface area contributed by atoms with E-state index in [-0.39, 0.29) is 34.9 Å². The Labute approximate surface area is 316 Å². The highest BCUT2D eigenvalue weighted by Gasteiger charge is 2.32. The molecule has 1 aliphatic heterocycles. The van der Waals surface area contributed by atoms with Gasteiger partial charge in [-0.2, -0.15) is 0 Å². The number of rotatable bonds is 22. The molecule has 4 N–H and O–H groups in total. The van der Waals surface area contributed by atoms with E-state index in [1.165, 1.54) is 26.3 Å². The lowest BCUT2D eigenvalue weighted by molar-refractivity contribution is -0.172. The summed E-state index contributed by atoms with van der Waals surface area (Å²) in [6, 6.07) is 1.81. The molecular formula is C38H65N9O6. The molecule has 0 unspecified atom stereocenters. The molecule has 1 saturated heterocycles. The van der Waals surface area contributed by atoms with Crippen molar-refractivity contribution in [2.45, 2.75) is 106 Å². The number of hydrogen-bond acceptors (Lipinski definition) is 9. The molecule has 2 rings (SSSR count). The van der Waals surface area contributed by atoms with Gasteiger partial charge in [-0.15, -0.1) is 5.11 Å². The van der Waals surface area contributed by atoms with E-state index in [4.69, 9.17) is 4.84 Å². The number of amides is 5. The highest BCUT2D eigenvalue weighted by atomic mass is 16.7. The van der Waals surface area contributed by atoms with E-state index in [1.54, 1.807) is 6.07 Å². The Bertz CT molecular complexity index is 1380. The van der Waals surface area contributed by atoms with Crippen LogP contribution in [0.5, 0.6) is 0 Å². The summed E-state index contributed by atoms with van der Waals surface area (Å²) >= 11 is 0. The van der Waals surface area contributed by atoms with Gasteiger partial charge in [0.05, 0.1) is 12.7 Å². The fourth-order valence-electron chi connectivity index (χ4n) is 6.01. The Morgan fingerprint density at radius 2 is 1.32 bits per heavy atom. The minimum Gasteiger partial charge on any atom is -0.351 e. The van der Waals surface area contributed by atoms with Crippen LogP contribution in [-0.4, -0.2) is 116 Å². The monoisotopic (exact) mass is 744 g/mol. The minimum absolute atomic E-state index is 0.0118. The van der Waals surface area contributed by atoms with Crippen LogP contribution in [-0.2, 0) is 19.2 Å². The second kappa shape index (κ2) is 22.8. The van der Waals surface area contributed by atoms with Gasteiger partial charge in [0.25, 0.3) is 17.7 Å². The van der Waals surface area contributed by atoms with Crippen LogP contribution in [0.25, 0.3) is 0 Å². The van der Waals surface area contributed by atoms with Crippen LogP contribution in [0, 0.1) is 17.8 Å². The maximum Gasteiger partial charge on any atom is 0.268 e. The van der Waals surface area contributed by atoms with E-state index < -0.39 is 41.8 Å². The van der Waals surface area contributed by atoms with Crippen LogP contribution in [0.15, 0.2) is 28.5 Å². The summed E-state index contributed by atoms with van der Waals surface area (Å²) in [5.41, 5.74) is 0.692. The number of carbonyl (C=O) groups is 5. The zero-order valence-electron chi connectivity index (χ0n) is 33.7. The fraction of sp³-hybridized carbons (Fsp3) is 0.711. The Balaban J connectivity index is 2.35. The Hall–Kier alpha value is -4.11. The van der Waals surface area contributed by atoms with Gasteiger partial charge >= 0.3 is 0 Å². The molecule has 0 saturated carbocycles. The number of benzene rings is 1. The molecule has 3 atom stereocenters. The first kappa shape index (κ1) is 45.0. The molecule has 1 aromatic carbocycles. The molecule has 0 aliphatic carbocycles. The highest BCUT2D eigenvalue weighted by molar-refractivity contribution is 6.04. The molecule has 1 heterocycles. The standard InChI is InChI=1S/C38H65N9O6/c1-11-46(12-2)20-17-39-34(48)28-15-16-29(30(24-28)43-44-47-18-13-14-19-47)35(49)40-31(21-25(3)4)36(50)41-32(22-26(5)6)37(51)42-33(23-27(7)8)38(52)45(9)53-10/h15-16,24-27,31-33H,11-14,17-23H2,1-10H3,(H,39,48)(H,40,49)(H,41,50)(H,42,51)/t31-,32-,33-/m0/s1. The van der Waals surface area contributed by atoms with E-state index in [1.807, 2.05) is 46.6 Å². The third-order valence-electron chi connectivity index (χ3n) is 9.05. The zero-order chi connectivity index (χ0) is 39.7. The third kappa shape index (κ3) is 15.4. The number of hydroxylamine groups is 2. The number of hydrogen-bond donors (Lipinski definition) is 4. The van der Waals surface area contributed by atoms with Crippen LogP contribution in [0.3, 0.4) is 0 Å². The van der Waals surface area contributed by atoms with Gasteiger partial charge in [0.1, 0.15) is 23.8 Å². The molecule has 53 heavy (non-hydrogen) atoms. The molecule has 15 heteroatoms. The summed E-state index contributed by atoms with van der Waals surface area (Å²) < 4.78 is 0. The number of carbonyl (C=O) groups excluding carboxylic acids is 5. The van der Waals surface area contributed by atoms with Crippen molar-refractivity contribution in [1.29, 1.82) is 0 Å². The van der Waals surface area contributed by atoms with Gasteiger partial charge in [0.15, 0.2) is 0 Å². The largest absolute Gasteiger partial charge is 0.351 e. The average molecular weight is 744 g/mol. The van der Waals surface area contributed by atoms with Crippen molar-refractivity contribution < 1.29 is 28.8 Å². The normalized spacial score (nSPS) is 14.9. The van der Waals surface area contributed by atoms with Gasteiger partial charge in [-0.3, -0.25) is 33.8 Å². The summed E-state index contributed by atoms with van der Waals surface area (Å²) in [5, 5.41) is 23.1. The number of likely N-dealkylation sites (N-methyl/N-ethyl adjacent to an activating group) is 2. The topological polar surface area (TPSA) is 177 Å². The predicted octanol–water partition coefficient (Wildman–Crippen LogP) is 4.08. The first-order chi connectivity index (χ1) is 25.1. The molecule has 1 fully saturated rings. The predicted molar refractivity (Wildman–Crippen MR) is 205 cm³/mol. The number of nitrogens with zero attached hydrogens (tertiary/aromatic N) is 5. The summed E-state index contributed by atoms with van der Waals surface area (Å²) in [7, 11) is 2.85. The molecule has 1 aromatic rings. The summed E-state index contributed by atoms with van der Waals surface area (Å²) in [6.07, 6.45) is 2.95. The lowest BCUT2D eigenvalue weighted by Crippen LogP contribution is -2.57. The van der Waals surface area contributed by atoms with Crippen molar-refractivity contribution in [2.75, 3.05) is 53.4 Å². The van der Waals surface area contributed by atoms with Crippen molar-refractivity contribution in [3.8, 4) is 0 Å². The second-order valence-electron chi connectivity index (χ2n) is 14.9. The lowest BCUT2D eigenvalue weighted by Gasteiger charge is -2.28. The van der Waals surface area contributed by atoms with Gasteiger partial charge in [-0.05, 0) is 81.1 Å². The quantitative estimate of drug-likeness (QED) is 0.101. The summed E-state index contributed by atoms with van der Waals surface area (Å²) in [4.78, 5) is 74.9. The van der Waals surface area contributed by atoms with Gasteiger partial charge in [0, 0.05) is 38.8 Å². The molecule has 298 valence electrons. The Kier molecular flexibility index (Phi) is 19.4. The highest BCUT2D eigenvalue weighted by Crippen LogP contribution is 2.24. The van der Waals surface area contributed by atoms with Crippen LogP contribution < -0.4 is 21.3 Å². The molecular weight excluding hydrogens is 678 g/mol. The number of nitrogens with one attached hydrogen (secondary N) is 4. The summed E-state index contributed by atoms with van der Waals surface area (Å²) in [6.45, 7) is 20.2. The van der Waals surface area contributed by atoms with Crippen LogP contribution in [0.4, 0.5) is 5.69 Å². The van der Waals surface area contributed by atoms with Gasteiger partial charge < -0.3 is 26.2 Å². The van der Waals surface area contributed by atoms with Gasteiger partial charge in [-0.25, -0.2) is 5.06 Å². The van der Waals surface area contributed by atoms with E-state index in [2.05, 4.69) is 50.4 Å². The maximum absolute atomic E-state index is 13.9. The van der Waals surface area contributed by atoms with E-state index >= 15 is 0 Å². The maximum atomic E-state index is 13.9. The molecule has 15 nitrogen and oxygen atoms in total. The first-order valence-electron chi connectivity index (χ1n) is 19.1. The molecule has 0 aromatic heterocycles. The third-order valence-corrected chi connectivity index (χ3v) is 9.05. The first-order valence-corrected chi connectivity index (χ1v) is 19.1. The van der Waals surface area contributed by atoms with E-state index in [0.29, 0.717) is 37.9 Å². The van der Waals surface area contributed by atoms with Crippen molar-refractivity contribution >= 4 is 35.2 Å². The van der Waals surface area contributed by atoms with Crippen molar-refractivity contribution in [2.24, 2.45) is 28.1 Å². The molecule has 1 aliphatic rings. The Morgan fingerprint density at radius 1 is 0.792 bits per heavy atom. The van der Waals surface area contributed by atoms with Crippen molar-refractivity contribution in [1.82, 2.24) is 36.2 Å². The minimum atomic E-state index is -0.996. The fourth-order valence-corrected chi connectivity index (χ4v) is 6.01. The molecule has 0 spiro atoms. The molecule has 5 amide bonds. The lowest BCUT2D eigenvalue weighted by atomic mass is 9.98. The van der Waals surface area contributed by atoms with Crippen LogP contribution >= 0.6 is 0 Å². The van der Waals surface area contributed by atoms with E-state index in [0.717, 1.165) is 44.1 Å². The molecule has 0 radical (unpaired) electrons. The Morgan fingerprint density at radius 3 is 1.85 bits per heavy atom. The zero-order valence-corrected chi connectivity index (χ0v) is 33.7. The van der Waals surface area contributed by atoms with E-state index in [9.17, 15) is 24.0 Å². The van der Waals surface area contributed by atoms with Crippen LogP contribution in [0.1, 0.15) is 108 Å². The molecule has 0 bridgehead atoms. The van der Waals surface area contributed by atoms with Gasteiger partial charge in [0.2, 0.25) is 11.8 Å². The van der Waals surface area contributed by atoms with Crippen molar-refractivity contribution in [3.05, 3.63) is 29.3 Å². The smallest absolute Gasteiger partial charge is 0.268 e. The SMILES string of the molecule is CCN(CC)CCNC(=O)c1ccc(C(=O)N[C@@H](CC(C)C)C(=O)N[C@@H](CC(C)C)C(=O)N[C@@H](CC(C)C)C(=O)N(C)OC)c(N=NN2CCCC2)c1. The summed E-state index contributed by atoms with van der Waals surface area (Å²) in [5.74, 6) is -2.16. The van der Waals surface area contributed by atoms with Gasteiger partial charge in [-0.1, -0.05) is 60.6 Å².